The summed E-state index contributed by atoms with van der Waals surface area (Å²) < 4.78 is 5.55. The Bertz CT molecular complexity index is 124. The van der Waals surface area contributed by atoms with E-state index in [0.29, 0.717) is 11.5 Å². The summed E-state index contributed by atoms with van der Waals surface area (Å²) in [5.74, 6) is 0. The number of ether oxygens (including phenoxy) is 1. The number of hydrogen-bond donors (Lipinski definition) is 1. The third kappa shape index (κ3) is 2.46. The van der Waals surface area contributed by atoms with Gasteiger partial charge in [0.25, 0.3) is 0 Å². The Morgan fingerprint density at radius 1 is 1.42 bits per heavy atom. The van der Waals surface area contributed by atoms with Crippen molar-refractivity contribution in [3.63, 3.8) is 0 Å². The lowest BCUT2D eigenvalue weighted by molar-refractivity contribution is 0.0321. The molecule has 0 aromatic rings. The van der Waals surface area contributed by atoms with Crippen LogP contribution in [0, 0.1) is 5.41 Å². The second-order valence-electron chi connectivity index (χ2n) is 4.13. The largest absolute Gasteiger partial charge is 0.379 e. The summed E-state index contributed by atoms with van der Waals surface area (Å²) in [6, 6.07) is 0. The zero-order valence-corrected chi connectivity index (χ0v) is 8.52. The van der Waals surface area contributed by atoms with Crippen molar-refractivity contribution < 1.29 is 4.74 Å². The van der Waals surface area contributed by atoms with Gasteiger partial charge in [-0.15, -0.1) is 0 Å². The van der Waals surface area contributed by atoms with E-state index in [-0.39, 0.29) is 0 Å². The van der Waals surface area contributed by atoms with Crippen molar-refractivity contribution in [1.29, 1.82) is 0 Å². The molecule has 2 heteroatoms. The Kier molecular flexibility index (Phi) is 3.53. The van der Waals surface area contributed by atoms with Crippen molar-refractivity contribution in [1.82, 2.24) is 5.32 Å². The minimum absolute atomic E-state index is 0.381. The first-order valence-corrected chi connectivity index (χ1v) is 5.01. The number of rotatable bonds is 5. The van der Waals surface area contributed by atoms with Crippen LogP contribution < -0.4 is 5.32 Å². The van der Waals surface area contributed by atoms with Crippen LogP contribution in [0.3, 0.4) is 0 Å². The number of hydrogen-bond acceptors (Lipinski definition) is 2. The molecule has 0 aliphatic carbocycles. The predicted molar refractivity (Wildman–Crippen MR) is 51.3 cm³/mol. The second-order valence-corrected chi connectivity index (χ2v) is 4.13. The predicted octanol–water partition coefficient (Wildman–Crippen LogP) is 1.80. The molecule has 0 saturated carbocycles. The van der Waals surface area contributed by atoms with Gasteiger partial charge in [0.15, 0.2) is 0 Å². The van der Waals surface area contributed by atoms with Crippen molar-refractivity contribution in [2.45, 2.75) is 39.7 Å². The second kappa shape index (κ2) is 4.24. The third-order valence-corrected chi connectivity index (χ3v) is 2.83. The van der Waals surface area contributed by atoms with Crippen LogP contribution in [-0.4, -0.2) is 25.8 Å². The molecule has 72 valence electrons. The van der Waals surface area contributed by atoms with Crippen LogP contribution in [0.5, 0.6) is 0 Å². The van der Waals surface area contributed by atoms with Crippen LogP contribution in [0.25, 0.3) is 0 Å². The van der Waals surface area contributed by atoms with E-state index < -0.39 is 0 Å². The van der Waals surface area contributed by atoms with Gasteiger partial charge >= 0.3 is 0 Å². The highest BCUT2D eigenvalue weighted by Gasteiger charge is 2.34. The van der Waals surface area contributed by atoms with Crippen molar-refractivity contribution >= 4 is 0 Å². The Balaban J connectivity index is 2.12. The minimum Gasteiger partial charge on any atom is -0.379 e. The first-order chi connectivity index (χ1) is 5.68. The molecule has 1 rings (SSSR count). The number of nitrogens with one attached hydrogen (secondary N) is 1. The highest BCUT2D eigenvalue weighted by molar-refractivity contribution is 4.90. The SMILES string of the molecule is CCC1(CCOC(C)C)CNC1. The molecule has 0 bridgehead atoms. The Hall–Kier alpha value is -0.0800. The van der Waals surface area contributed by atoms with Crippen LogP contribution in [0.1, 0.15) is 33.6 Å². The summed E-state index contributed by atoms with van der Waals surface area (Å²) in [7, 11) is 0. The maximum atomic E-state index is 5.55. The fourth-order valence-corrected chi connectivity index (χ4v) is 1.59. The molecule has 1 saturated heterocycles. The van der Waals surface area contributed by atoms with Gasteiger partial charge in [-0.2, -0.15) is 0 Å². The summed E-state index contributed by atoms with van der Waals surface area (Å²) in [5.41, 5.74) is 0.564. The van der Waals surface area contributed by atoms with E-state index in [1.807, 2.05) is 0 Å². The lowest BCUT2D eigenvalue weighted by Crippen LogP contribution is -2.53. The van der Waals surface area contributed by atoms with E-state index in [1.54, 1.807) is 0 Å². The molecule has 0 unspecified atom stereocenters. The highest BCUT2D eigenvalue weighted by atomic mass is 16.5. The van der Waals surface area contributed by atoms with Crippen LogP contribution >= 0.6 is 0 Å². The molecular weight excluding hydrogens is 150 g/mol. The van der Waals surface area contributed by atoms with Gasteiger partial charge in [0.1, 0.15) is 0 Å². The fourth-order valence-electron chi connectivity index (χ4n) is 1.59. The monoisotopic (exact) mass is 171 g/mol. The van der Waals surface area contributed by atoms with E-state index in [0.717, 1.165) is 6.61 Å². The van der Waals surface area contributed by atoms with Crippen LogP contribution in [-0.2, 0) is 4.74 Å². The van der Waals surface area contributed by atoms with E-state index in [4.69, 9.17) is 4.74 Å². The molecule has 2 nitrogen and oxygen atoms in total. The van der Waals surface area contributed by atoms with E-state index in [1.165, 1.54) is 25.9 Å². The van der Waals surface area contributed by atoms with Crippen LogP contribution in [0.2, 0.25) is 0 Å². The summed E-state index contributed by atoms with van der Waals surface area (Å²) in [6.07, 6.45) is 2.88. The molecule has 1 heterocycles. The van der Waals surface area contributed by atoms with Gasteiger partial charge in [-0.25, -0.2) is 0 Å². The average Bonchev–Trinajstić information content (AvgIpc) is 1.94. The van der Waals surface area contributed by atoms with Gasteiger partial charge < -0.3 is 10.1 Å². The quantitative estimate of drug-likeness (QED) is 0.681. The highest BCUT2D eigenvalue weighted by Crippen LogP contribution is 2.30. The molecule has 0 atom stereocenters. The molecular formula is C10H21NO. The Labute approximate surface area is 75.7 Å². The Morgan fingerprint density at radius 3 is 2.42 bits per heavy atom. The molecule has 0 amide bonds. The summed E-state index contributed by atoms with van der Waals surface area (Å²) in [5, 5.41) is 3.34. The molecule has 1 N–H and O–H groups in total. The lowest BCUT2D eigenvalue weighted by atomic mass is 9.76. The maximum Gasteiger partial charge on any atom is 0.0518 e. The van der Waals surface area contributed by atoms with Gasteiger partial charge in [0.2, 0.25) is 0 Å². The van der Waals surface area contributed by atoms with E-state index in [9.17, 15) is 0 Å². The fraction of sp³-hybridized carbons (Fsp3) is 1.00. The van der Waals surface area contributed by atoms with Gasteiger partial charge in [-0.05, 0) is 32.1 Å². The van der Waals surface area contributed by atoms with Crippen molar-refractivity contribution in [3.8, 4) is 0 Å². The zero-order valence-electron chi connectivity index (χ0n) is 8.52. The van der Waals surface area contributed by atoms with Crippen molar-refractivity contribution in [2.75, 3.05) is 19.7 Å². The molecule has 1 aliphatic rings. The van der Waals surface area contributed by atoms with E-state index in [2.05, 4.69) is 26.1 Å². The van der Waals surface area contributed by atoms with Crippen molar-refractivity contribution in [3.05, 3.63) is 0 Å². The standard InChI is InChI=1S/C10H21NO/c1-4-10(7-11-8-10)5-6-12-9(2)3/h9,11H,4-8H2,1-3H3. The minimum atomic E-state index is 0.381. The zero-order chi connectivity index (χ0) is 9.03. The average molecular weight is 171 g/mol. The van der Waals surface area contributed by atoms with Gasteiger partial charge in [0.05, 0.1) is 6.10 Å². The lowest BCUT2D eigenvalue weighted by Gasteiger charge is -2.42. The van der Waals surface area contributed by atoms with E-state index >= 15 is 0 Å². The molecule has 1 fully saturated rings. The Morgan fingerprint density at radius 2 is 2.08 bits per heavy atom. The van der Waals surface area contributed by atoms with Gasteiger partial charge in [-0.3, -0.25) is 0 Å². The summed E-state index contributed by atoms with van der Waals surface area (Å²) in [6.45, 7) is 9.76. The van der Waals surface area contributed by atoms with Gasteiger partial charge in [0, 0.05) is 19.7 Å². The summed E-state index contributed by atoms with van der Waals surface area (Å²) in [4.78, 5) is 0. The topological polar surface area (TPSA) is 21.3 Å². The molecule has 12 heavy (non-hydrogen) atoms. The van der Waals surface area contributed by atoms with Crippen molar-refractivity contribution in [2.24, 2.45) is 5.41 Å². The molecule has 0 spiro atoms. The van der Waals surface area contributed by atoms with Crippen LogP contribution in [0.4, 0.5) is 0 Å². The molecule has 0 aromatic heterocycles. The third-order valence-electron chi connectivity index (χ3n) is 2.83. The molecule has 0 radical (unpaired) electrons. The molecule has 1 aliphatic heterocycles. The summed E-state index contributed by atoms with van der Waals surface area (Å²) >= 11 is 0. The van der Waals surface area contributed by atoms with Gasteiger partial charge in [-0.1, -0.05) is 6.92 Å². The first-order valence-electron chi connectivity index (χ1n) is 5.01. The van der Waals surface area contributed by atoms with Crippen LogP contribution in [0.15, 0.2) is 0 Å². The molecule has 0 aromatic carbocycles. The maximum absolute atomic E-state index is 5.55. The normalized spacial score (nSPS) is 21.0. The smallest absolute Gasteiger partial charge is 0.0518 e. The first kappa shape index (κ1) is 10.0.